The molecule has 0 rings (SSSR count). The Balaban J connectivity index is -0.000000125. The van der Waals surface area contributed by atoms with Crippen LogP contribution in [-0.4, -0.2) is 5.26 Å². The van der Waals surface area contributed by atoms with Gasteiger partial charge in [-0.3, -0.25) is 0 Å². The van der Waals surface area contributed by atoms with Gasteiger partial charge in [-0.05, 0) is 0 Å². The van der Waals surface area contributed by atoms with Crippen LogP contribution in [0.4, 0.5) is 0 Å². The first-order valence-electron chi connectivity index (χ1n) is 0.913. The van der Waals surface area contributed by atoms with Crippen molar-refractivity contribution in [3.05, 3.63) is 0 Å². The van der Waals surface area contributed by atoms with Gasteiger partial charge >= 0.3 is 55.8 Å². The standard InChI is InChI=1S/Na.H3O5P.Zr/c;1-5-6(2,3)4;/h;1H,(H2,2,3,4);/q+1;;+4/p-2. The maximum absolute atomic E-state index is 9.00. The summed E-state index contributed by atoms with van der Waals surface area (Å²) in [6.45, 7) is 0. The molecule has 0 saturated heterocycles. The van der Waals surface area contributed by atoms with Crippen molar-refractivity contribution in [3.8, 4) is 0 Å². The third kappa shape index (κ3) is 15.7. The molecule has 0 bridgehead atoms. The van der Waals surface area contributed by atoms with Crippen LogP contribution in [0.5, 0.6) is 0 Å². The molecule has 0 heterocycles. The van der Waals surface area contributed by atoms with Crippen molar-refractivity contribution in [2.24, 2.45) is 0 Å². The molecule has 0 fully saturated rings. The molecule has 0 aromatic heterocycles. The third-order valence-corrected chi connectivity index (χ3v) is 0.300. The first-order valence-corrected chi connectivity index (χ1v) is 2.37. The van der Waals surface area contributed by atoms with Crippen molar-refractivity contribution < 1.29 is 80.0 Å². The average Bonchev–Trinajstić information content (AvgIpc) is 1.35. The predicted molar refractivity (Wildman–Crippen MR) is 11.3 cm³/mol. The van der Waals surface area contributed by atoms with E-state index >= 15 is 0 Å². The van der Waals surface area contributed by atoms with E-state index in [9.17, 15) is 0 Å². The minimum Gasteiger partial charge on any atom is -0.788 e. The molecular formula is HNaO5PZr+3. The monoisotopic (exact) mass is 225 g/mol. The summed E-state index contributed by atoms with van der Waals surface area (Å²) in [7, 11) is -5.09. The summed E-state index contributed by atoms with van der Waals surface area (Å²) in [4.78, 5) is 18.0. The van der Waals surface area contributed by atoms with Crippen molar-refractivity contribution in [2.75, 3.05) is 0 Å². The smallest absolute Gasteiger partial charge is 0.788 e. The van der Waals surface area contributed by atoms with Gasteiger partial charge in [-0.1, -0.05) is 0 Å². The fourth-order valence-corrected chi connectivity index (χ4v) is 0. The van der Waals surface area contributed by atoms with Crippen LogP contribution in [-0.2, 0) is 35.4 Å². The van der Waals surface area contributed by atoms with Gasteiger partial charge in [-0.15, -0.1) is 0 Å². The van der Waals surface area contributed by atoms with E-state index in [2.05, 4.69) is 4.67 Å². The number of phosphoric acid groups is 1. The van der Waals surface area contributed by atoms with E-state index < -0.39 is 7.82 Å². The van der Waals surface area contributed by atoms with Crippen molar-refractivity contribution >= 4 is 7.82 Å². The first-order chi connectivity index (χ1) is 2.56. The Morgan fingerprint density at radius 2 is 1.62 bits per heavy atom. The van der Waals surface area contributed by atoms with Crippen molar-refractivity contribution in [3.63, 3.8) is 0 Å². The first kappa shape index (κ1) is 16.5. The molecule has 0 unspecified atom stereocenters. The molecule has 0 aliphatic carbocycles. The molecule has 0 aliphatic rings. The largest absolute Gasteiger partial charge is 4.00 e. The Morgan fingerprint density at radius 1 is 1.50 bits per heavy atom. The third-order valence-electron chi connectivity index (χ3n) is 0.100. The van der Waals surface area contributed by atoms with E-state index in [4.69, 9.17) is 19.6 Å². The van der Waals surface area contributed by atoms with E-state index in [0.29, 0.717) is 0 Å². The van der Waals surface area contributed by atoms with E-state index in [-0.39, 0.29) is 55.8 Å². The zero-order valence-corrected chi connectivity index (χ0v) is 9.38. The van der Waals surface area contributed by atoms with Gasteiger partial charge in [0.15, 0.2) is 0 Å². The summed E-state index contributed by atoms with van der Waals surface area (Å²) < 4.78 is 11.4. The second-order valence-electron chi connectivity index (χ2n) is 0.529. The van der Waals surface area contributed by atoms with Crippen LogP contribution >= 0.6 is 7.82 Å². The second-order valence-corrected chi connectivity index (χ2v) is 1.59. The Morgan fingerprint density at radius 3 is 1.62 bits per heavy atom. The molecule has 0 aliphatic heterocycles. The zero-order chi connectivity index (χ0) is 5.21. The Hall–Kier alpha value is 1.95. The van der Waals surface area contributed by atoms with Crippen LogP contribution in [0.2, 0.25) is 0 Å². The maximum atomic E-state index is 9.00. The fraction of sp³-hybridized carbons (Fsp3) is 0. The van der Waals surface area contributed by atoms with E-state index in [1.165, 1.54) is 0 Å². The topological polar surface area (TPSA) is 92.7 Å². The molecule has 0 radical (unpaired) electrons. The zero-order valence-electron chi connectivity index (χ0n) is 4.03. The minimum absolute atomic E-state index is 0. The second kappa shape index (κ2) is 7.06. The summed E-state index contributed by atoms with van der Waals surface area (Å²) >= 11 is 0. The molecule has 8 heteroatoms. The number of rotatable bonds is 1. The van der Waals surface area contributed by atoms with Crippen LogP contribution in [0.3, 0.4) is 0 Å². The average molecular weight is 226 g/mol. The van der Waals surface area contributed by atoms with E-state index in [1.807, 2.05) is 0 Å². The van der Waals surface area contributed by atoms with Crippen LogP contribution in [0.25, 0.3) is 0 Å². The summed E-state index contributed by atoms with van der Waals surface area (Å²) in [5.41, 5.74) is 0. The van der Waals surface area contributed by atoms with Crippen molar-refractivity contribution in [1.82, 2.24) is 0 Å². The molecule has 0 aromatic carbocycles. The summed E-state index contributed by atoms with van der Waals surface area (Å²) in [5.74, 6) is 0. The molecule has 1 N–H and O–H groups in total. The van der Waals surface area contributed by atoms with Crippen LogP contribution in [0, 0.1) is 0 Å². The van der Waals surface area contributed by atoms with Gasteiger partial charge in [0.1, 0.15) is 0 Å². The summed E-state index contributed by atoms with van der Waals surface area (Å²) in [6, 6.07) is 0. The summed E-state index contributed by atoms with van der Waals surface area (Å²) in [6.07, 6.45) is 0. The molecule has 38 valence electrons. The SMILES string of the molecule is O=P([O-])([O-])OO.[Na+].[Zr+4]. The number of hydrogen-bond acceptors (Lipinski definition) is 5. The van der Waals surface area contributed by atoms with Gasteiger partial charge in [0.25, 0.3) is 0 Å². The quantitative estimate of drug-likeness (QED) is 0.210. The number of hydrogen-bond donors (Lipinski definition) is 1. The Kier molecular flexibility index (Phi) is 14.6. The normalized spacial score (nSPS) is 8.88. The van der Waals surface area contributed by atoms with Crippen LogP contribution < -0.4 is 39.3 Å². The molecule has 5 nitrogen and oxygen atoms in total. The van der Waals surface area contributed by atoms with Crippen molar-refractivity contribution in [1.29, 1.82) is 0 Å². The minimum atomic E-state index is -5.09. The van der Waals surface area contributed by atoms with Gasteiger partial charge in [-0.25, -0.2) is 9.93 Å². The van der Waals surface area contributed by atoms with E-state index in [1.54, 1.807) is 0 Å². The Bertz CT molecular complexity index is 76.5. The Labute approximate surface area is 87.0 Å². The predicted octanol–water partition coefficient (Wildman–Crippen LogP) is -4.69. The molecule has 0 amide bonds. The van der Waals surface area contributed by atoms with Gasteiger partial charge in [-0.2, -0.15) is 0 Å². The molecular weight excluding hydrogens is 225 g/mol. The molecule has 0 aromatic rings. The molecule has 8 heavy (non-hydrogen) atoms. The molecule has 0 spiro atoms. The van der Waals surface area contributed by atoms with Crippen molar-refractivity contribution in [2.45, 2.75) is 0 Å². The van der Waals surface area contributed by atoms with Gasteiger partial charge in [0.05, 0.1) is 7.82 Å². The maximum Gasteiger partial charge on any atom is 4.00 e. The molecule has 0 atom stereocenters. The van der Waals surface area contributed by atoms with E-state index in [0.717, 1.165) is 0 Å². The van der Waals surface area contributed by atoms with Crippen LogP contribution in [0.1, 0.15) is 0 Å². The molecule has 0 saturated carbocycles. The van der Waals surface area contributed by atoms with Crippen LogP contribution in [0.15, 0.2) is 0 Å². The van der Waals surface area contributed by atoms with Gasteiger partial charge in [0, 0.05) is 0 Å². The van der Waals surface area contributed by atoms with Gasteiger partial charge in [0.2, 0.25) is 0 Å². The summed E-state index contributed by atoms with van der Waals surface area (Å²) in [5, 5.41) is 7.01. The fourth-order valence-electron chi connectivity index (χ4n) is 0. The van der Waals surface area contributed by atoms with Gasteiger partial charge < -0.3 is 14.4 Å².